The van der Waals surface area contributed by atoms with Gasteiger partial charge in [-0.2, -0.15) is 0 Å². The van der Waals surface area contributed by atoms with Crippen molar-refractivity contribution < 1.29 is 19.1 Å². The van der Waals surface area contributed by atoms with Gasteiger partial charge in [0, 0.05) is 42.7 Å². The Morgan fingerprint density at radius 1 is 1.22 bits per heavy atom. The van der Waals surface area contributed by atoms with Crippen LogP contribution in [0.1, 0.15) is 31.2 Å². The Morgan fingerprint density at radius 3 is 2.81 bits per heavy atom. The number of likely N-dealkylation sites (tertiary alicyclic amines) is 1. The molecule has 168 valence electrons. The van der Waals surface area contributed by atoms with Crippen LogP contribution in [-0.4, -0.2) is 41.6 Å². The first-order valence-electron chi connectivity index (χ1n) is 10.8. The van der Waals surface area contributed by atoms with E-state index in [2.05, 4.69) is 10.3 Å². The number of hydrogen-bond donors (Lipinski definition) is 1. The van der Waals surface area contributed by atoms with Gasteiger partial charge in [-0.05, 0) is 54.8 Å². The Hall–Kier alpha value is -3.13. The van der Waals surface area contributed by atoms with Crippen molar-refractivity contribution in [2.75, 3.05) is 25.0 Å². The highest BCUT2D eigenvalue weighted by Gasteiger charge is 2.24. The van der Waals surface area contributed by atoms with E-state index in [1.165, 1.54) is 18.3 Å². The number of fused-ring (bicyclic) bond motifs is 1. The SMILES string of the molecule is CC(=O)Nc1cccc2cc(OCCC3CCN(C(=O)OCc4nccs4)CC3)ccc12. The number of piperidine rings is 1. The third kappa shape index (κ3) is 5.76. The average Bonchev–Trinajstić information content (AvgIpc) is 3.31. The van der Waals surface area contributed by atoms with E-state index in [0.29, 0.717) is 25.6 Å². The first-order valence-corrected chi connectivity index (χ1v) is 11.7. The van der Waals surface area contributed by atoms with Crippen molar-refractivity contribution in [3.05, 3.63) is 53.0 Å². The summed E-state index contributed by atoms with van der Waals surface area (Å²) >= 11 is 1.49. The molecule has 4 rings (SSSR count). The quantitative estimate of drug-likeness (QED) is 0.540. The second-order valence-electron chi connectivity index (χ2n) is 7.92. The molecule has 0 radical (unpaired) electrons. The molecule has 0 atom stereocenters. The molecular formula is C24H27N3O4S. The number of nitrogens with one attached hydrogen (secondary N) is 1. The Morgan fingerprint density at radius 2 is 2.06 bits per heavy atom. The summed E-state index contributed by atoms with van der Waals surface area (Å²) in [5.41, 5.74) is 0.804. The number of ether oxygens (including phenoxy) is 2. The number of rotatable bonds is 7. The van der Waals surface area contributed by atoms with Crippen molar-refractivity contribution in [2.45, 2.75) is 32.8 Å². The van der Waals surface area contributed by atoms with Crippen LogP contribution in [0.2, 0.25) is 0 Å². The average molecular weight is 454 g/mol. The van der Waals surface area contributed by atoms with Crippen LogP contribution >= 0.6 is 11.3 Å². The van der Waals surface area contributed by atoms with Crippen LogP contribution in [0.4, 0.5) is 10.5 Å². The van der Waals surface area contributed by atoms with Gasteiger partial charge in [0.2, 0.25) is 5.91 Å². The minimum Gasteiger partial charge on any atom is -0.494 e. The largest absolute Gasteiger partial charge is 0.494 e. The minimum atomic E-state index is -0.260. The molecule has 0 unspecified atom stereocenters. The molecule has 2 aromatic carbocycles. The molecule has 1 aliphatic rings. The van der Waals surface area contributed by atoms with Gasteiger partial charge < -0.3 is 19.7 Å². The summed E-state index contributed by atoms with van der Waals surface area (Å²) < 4.78 is 11.3. The van der Waals surface area contributed by atoms with E-state index in [1.54, 1.807) is 11.1 Å². The van der Waals surface area contributed by atoms with E-state index in [-0.39, 0.29) is 18.6 Å². The van der Waals surface area contributed by atoms with Crippen LogP contribution in [0, 0.1) is 5.92 Å². The first kappa shape index (κ1) is 22.1. The summed E-state index contributed by atoms with van der Waals surface area (Å²) in [6.45, 7) is 3.80. The molecule has 1 fully saturated rings. The molecular weight excluding hydrogens is 426 g/mol. The normalized spacial score (nSPS) is 14.3. The maximum Gasteiger partial charge on any atom is 0.410 e. The number of carbonyl (C=O) groups is 2. The van der Waals surface area contributed by atoms with Gasteiger partial charge in [-0.3, -0.25) is 4.79 Å². The fourth-order valence-electron chi connectivity index (χ4n) is 3.94. The molecule has 3 aromatic rings. The van der Waals surface area contributed by atoms with Gasteiger partial charge in [-0.25, -0.2) is 9.78 Å². The Labute approximate surface area is 191 Å². The summed E-state index contributed by atoms with van der Waals surface area (Å²) in [6, 6.07) is 11.7. The number of benzene rings is 2. The summed E-state index contributed by atoms with van der Waals surface area (Å²) in [5, 5.41) is 7.56. The van der Waals surface area contributed by atoms with Crippen LogP contribution in [0.5, 0.6) is 5.75 Å². The van der Waals surface area contributed by atoms with Gasteiger partial charge in [-0.1, -0.05) is 12.1 Å². The van der Waals surface area contributed by atoms with Gasteiger partial charge in [-0.15, -0.1) is 11.3 Å². The Kier molecular flexibility index (Phi) is 7.21. The lowest BCUT2D eigenvalue weighted by Gasteiger charge is -2.31. The van der Waals surface area contributed by atoms with Gasteiger partial charge in [0.05, 0.1) is 6.61 Å². The van der Waals surface area contributed by atoms with E-state index in [0.717, 1.165) is 46.5 Å². The number of hydrogen-bond acceptors (Lipinski definition) is 6. The summed E-state index contributed by atoms with van der Waals surface area (Å²) in [4.78, 5) is 29.5. The lowest BCUT2D eigenvalue weighted by atomic mass is 9.94. The van der Waals surface area contributed by atoms with Crippen LogP contribution in [0.3, 0.4) is 0 Å². The van der Waals surface area contributed by atoms with Crippen molar-refractivity contribution in [1.82, 2.24) is 9.88 Å². The maximum atomic E-state index is 12.2. The second-order valence-corrected chi connectivity index (χ2v) is 8.90. The van der Waals surface area contributed by atoms with Crippen molar-refractivity contribution in [2.24, 2.45) is 5.92 Å². The standard InChI is InChI=1S/C24H27N3O4S/c1-17(28)26-22-4-2-3-19-15-20(5-6-21(19)22)30-13-9-18-7-11-27(12-8-18)24(29)31-16-23-25-10-14-32-23/h2-6,10,14-15,18H,7-9,11-13,16H2,1H3,(H,26,28). The number of thiazole rings is 1. The predicted octanol–water partition coefficient (Wildman–Crippen LogP) is 5.07. The highest BCUT2D eigenvalue weighted by Crippen LogP contribution is 2.28. The summed E-state index contributed by atoms with van der Waals surface area (Å²) in [7, 11) is 0. The monoisotopic (exact) mass is 453 g/mol. The Balaban J connectivity index is 1.21. The molecule has 1 aromatic heterocycles. The molecule has 7 nitrogen and oxygen atoms in total. The van der Waals surface area contributed by atoms with Crippen LogP contribution in [-0.2, 0) is 16.1 Å². The first-order chi connectivity index (χ1) is 15.6. The molecule has 1 N–H and O–H groups in total. The van der Waals surface area contributed by atoms with E-state index in [9.17, 15) is 9.59 Å². The second kappa shape index (κ2) is 10.5. The lowest BCUT2D eigenvalue weighted by molar-refractivity contribution is -0.114. The van der Waals surface area contributed by atoms with Crippen LogP contribution < -0.4 is 10.1 Å². The number of carbonyl (C=O) groups excluding carboxylic acids is 2. The molecule has 0 saturated carbocycles. The van der Waals surface area contributed by atoms with E-state index in [1.807, 2.05) is 41.8 Å². The fraction of sp³-hybridized carbons (Fsp3) is 0.375. The predicted molar refractivity (Wildman–Crippen MR) is 125 cm³/mol. The van der Waals surface area contributed by atoms with Crippen molar-refractivity contribution in [3.63, 3.8) is 0 Å². The van der Waals surface area contributed by atoms with Gasteiger partial charge in [0.25, 0.3) is 0 Å². The van der Waals surface area contributed by atoms with Crippen molar-refractivity contribution in [3.8, 4) is 5.75 Å². The fourth-order valence-corrected chi connectivity index (χ4v) is 4.46. The topological polar surface area (TPSA) is 80.8 Å². The zero-order valence-corrected chi connectivity index (χ0v) is 18.9. The molecule has 8 heteroatoms. The molecule has 2 heterocycles. The molecule has 0 bridgehead atoms. The zero-order chi connectivity index (χ0) is 22.3. The molecule has 1 saturated heterocycles. The number of aromatic nitrogens is 1. The summed E-state index contributed by atoms with van der Waals surface area (Å²) in [5.74, 6) is 1.27. The number of amides is 2. The van der Waals surface area contributed by atoms with Gasteiger partial charge in [0.1, 0.15) is 17.4 Å². The van der Waals surface area contributed by atoms with Crippen molar-refractivity contribution in [1.29, 1.82) is 0 Å². The third-order valence-corrected chi connectivity index (χ3v) is 6.39. The lowest BCUT2D eigenvalue weighted by Crippen LogP contribution is -2.39. The van der Waals surface area contributed by atoms with Crippen LogP contribution in [0.25, 0.3) is 10.8 Å². The maximum absolute atomic E-state index is 12.2. The van der Waals surface area contributed by atoms with Crippen LogP contribution in [0.15, 0.2) is 48.0 Å². The van der Waals surface area contributed by atoms with Gasteiger partial charge in [0.15, 0.2) is 0 Å². The smallest absolute Gasteiger partial charge is 0.410 e. The molecule has 1 aliphatic heterocycles. The number of anilines is 1. The third-order valence-electron chi connectivity index (χ3n) is 5.63. The highest BCUT2D eigenvalue weighted by molar-refractivity contribution is 7.09. The molecule has 0 spiro atoms. The number of nitrogens with zero attached hydrogens (tertiary/aromatic N) is 2. The molecule has 2 amide bonds. The van der Waals surface area contributed by atoms with E-state index >= 15 is 0 Å². The Bertz CT molecular complexity index is 1060. The van der Waals surface area contributed by atoms with Crippen molar-refractivity contribution >= 4 is 39.8 Å². The van der Waals surface area contributed by atoms with Gasteiger partial charge >= 0.3 is 6.09 Å². The highest BCUT2D eigenvalue weighted by atomic mass is 32.1. The zero-order valence-electron chi connectivity index (χ0n) is 18.1. The summed E-state index contributed by atoms with van der Waals surface area (Å²) in [6.07, 6.45) is 4.31. The van der Waals surface area contributed by atoms with E-state index in [4.69, 9.17) is 9.47 Å². The molecule has 0 aliphatic carbocycles. The minimum absolute atomic E-state index is 0.0864. The molecule has 32 heavy (non-hydrogen) atoms. The van der Waals surface area contributed by atoms with E-state index < -0.39 is 0 Å².